The molecule has 1 heteroatoms. The standard InChI is InChI=1S/C11H19N/c1-6-9-7-10(2,3)12-11(4,5)8-9/h1,9,12H,7-8H2,2-5H3. The van der Waals surface area contributed by atoms with Crippen molar-refractivity contribution in [1.29, 1.82) is 0 Å². The number of hydrogen-bond donors (Lipinski definition) is 1. The fraction of sp³-hybridized carbons (Fsp3) is 0.818. The molecular weight excluding hydrogens is 146 g/mol. The van der Waals surface area contributed by atoms with E-state index >= 15 is 0 Å². The van der Waals surface area contributed by atoms with Gasteiger partial charge in [0.1, 0.15) is 0 Å². The highest BCUT2D eigenvalue weighted by atomic mass is 15.0. The van der Waals surface area contributed by atoms with Crippen LogP contribution in [-0.2, 0) is 0 Å². The minimum Gasteiger partial charge on any atom is -0.307 e. The van der Waals surface area contributed by atoms with Gasteiger partial charge in [-0.05, 0) is 40.5 Å². The zero-order chi connectivity index (χ0) is 9.41. The summed E-state index contributed by atoms with van der Waals surface area (Å²) in [6.45, 7) is 8.88. The Balaban J connectivity index is 2.75. The van der Waals surface area contributed by atoms with Gasteiger partial charge in [-0.25, -0.2) is 0 Å². The summed E-state index contributed by atoms with van der Waals surface area (Å²) >= 11 is 0. The van der Waals surface area contributed by atoms with Crippen LogP contribution in [0.3, 0.4) is 0 Å². The molecule has 0 unspecified atom stereocenters. The second-order valence-electron chi connectivity index (χ2n) is 5.16. The normalized spacial score (nSPS) is 27.9. The molecular formula is C11H19N. The average molecular weight is 165 g/mol. The predicted octanol–water partition coefficient (Wildman–Crippen LogP) is 2.18. The van der Waals surface area contributed by atoms with Gasteiger partial charge in [0.25, 0.3) is 0 Å². The van der Waals surface area contributed by atoms with Crippen molar-refractivity contribution in [3.63, 3.8) is 0 Å². The third-order valence-corrected chi connectivity index (χ3v) is 2.43. The molecule has 0 aliphatic carbocycles. The van der Waals surface area contributed by atoms with Gasteiger partial charge in [0.05, 0.1) is 0 Å². The minimum absolute atomic E-state index is 0.193. The first-order chi connectivity index (χ1) is 5.35. The van der Waals surface area contributed by atoms with Gasteiger partial charge >= 0.3 is 0 Å². The minimum atomic E-state index is 0.193. The van der Waals surface area contributed by atoms with E-state index in [-0.39, 0.29) is 11.1 Å². The van der Waals surface area contributed by atoms with E-state index in [0.717, 1.165) is 12.8 Å². The van der Waals surface area contributed by atoms with Crippen LogP contribution in [0.5, 0.6) is 0 Å². The molecule has 0 aromatic heterocycles. The van der Waals surface area contributed by atoms with E-state index in [1.54, 1.807) is 0 Å². The summed E-state index contributed by atoms with van der Waals surface area (Å²) in [4.78, 5) is 0. The Hall–Kier alpha value is -0.480. The van der Waals surface area contributed by atoms with Crippen molar-refractivity contribution in [3.8, 4) is 12.3 Å². The first kappa shape index (κ1) is 9.61. The smallest absolute Gasteiger partial charge is 0.0234 e. The Morgan fingerprint density at radius 3 is 1.92 bits per heavy atom. The number of nitrogens with one attached hydrogen (secondary N) is 1. The Morgan fingerprint density at radius 2 is 1.58 bits per heavy atom. The molecule has 1 aliphatic heterocycles. The van der Waals surface area contributed by atoms with Crippen LogP contribution in [0.25, 0.3) is 0 Å². The van der Waals surface area contributed by atoms with Crippen LogP contribution < -0.4 is 5.32 Å². The first-order valence-electron chi connectivity index (χ1n) is 4.60. The van der Waals surface area contributed by atoms with Crippen LogP contribution in [0.15, 0.2) is 0 Å². The topological polar surface area (TPSA) is 12.0 Å². The molecule has 1 N–H and O–H groups in total. The van der Waals surface area contributed by atoms with Crippen molar-refractivity contribution in [2.24, 2.45) is 5.92 Å². The molecule has 12 heavy (non-hydrogen) atoms. The summed E-state index contributed by atoms with van der Waals surface area (Å²) in [5, 5.41) is 3.60. The summed E-state index contributed by atoms with van der Waals surface area (Å²) in [5.41, 5.74) is 0.386. The fourth-order valence-corrected chi connectivity index (χ4v) is 2.44. The predicted molar refractivity (Wildman–Crippen MR) is 52.9 cm³/mol. The SMILES string of the molecule is C#CC1CC(C)(C)NC(C)(C)C1. The molecule has 0 amide bonds. The maximum atomic E-state index is 5.47. The van der Waals surface area contributed by atoms with E-state index in [1.165, 1.54) is 0 Å². The van der Waals surface area contributed by atoms with Gasteiger partial charge in [-0.2, -0.15) is 0 Å². The van der Waals surface area contributed by atoms with Gasteiger partial charge in [-0.1, -0.05) is 0 Å². The molecule has 0 atom stereocenters. The molecule has 0 bridgehead atoms. The lowest BCUT2D eigenvalue weighted by Gasteiger charge is -2.45. The molecule has 0 aromatic rings. The molecule has 0 saturated carbocycles. The monoisotopic (exact) mass is 165 g/mol. The lowest BCUT2D eigenvalue weighted by molar-refractivity contribution is 0.154. The van der Waals surface area contributed by atoms with E-state index in [2.05, 4.69) is 38.9 Å². The summed E-state index contributed by atoms with van der Waals surface area (Å²) < 4.78 is 0. The maximum Gasteiger partial charge on any atom is 0.0234 e. The molecule has 0 spiro atoms. The molecule has 1 rings (SSSR count). The highest BCUT2D eigenvalue weighted by molar-refractivity contribution is 5.06. The molecule has 0 radical (unpaired) electrons. The van der Waals surface area contributed by atoms with E-state index < -0.39 is 0 Å². The van der Waals surface area contributed by atoms with Crippen LogP contribution >= 0.6 is 0 Å². The van der Waals surface area contributed by atoms with Crippen molar-refractivity contribution in [1.82, 2.24) is 5.32 Å². The van der Waals surface area contributed by atoms with Gasteiger partial charge in [0, 0.05) is 17.0 Å². The lowest BCUT2D eigenvalue weighted by atomic mass is 9.76. The Kier molecular flexibility index (Phi) is 2.23. The van der Waals surface area contributed by atoms with Gasteiger partial charge in [-0.15, -0.1) is 12.3 Å². The zero-order valence-electron chi connectivity index (χ0n) is 8.57. The molecule has 1 aliphatic rings. The molecule has 1 saturated heterocycles. The summed E-state index contributed by atoms with van der Waals surface area (Å²) in [6.07, 6.45) is 7.65. The maximum absolute atomic E-state index is 5.47. The zero-order valence-corrected chi connectivity index (χ0v) is 8.57. The second kappa shape index (κ2) is 2.78. The lowest BCUT2D eigenvalue weighted by Crippen LogP contribution is -2.57. The van der Waals surface area contributed by atoms with Gasteiger partial charge < -0.3 is 5.32 Å². The molecule has 1 nitrogen and oxygen atoms in total. The van der Waals surface area contributed by atoms with E-state index in [1.807, 2.05) is 0 Å². The van der Waals surface area contributed by atoms with Crippen molar-refractivity contribution in [2.45, 2.75) is 51.6 Å². The van der Waals surface area contributed by atoms with E-state index in [9.17, 15) is 0 Å². The number of piperidine rings is 1. The highest BCUT2D eigenvalue weighted by Gasteiger charge is 2.36. The molecule has 1 fully saturated rings. The van der Waals surface area contributed by atoms with Gasteiger partial charge in [0.15, 0.2) is 0 Å². The number of rotatable bonds is 0. The Labute approximate surface area is 75.9 Å². The first-order valence-corrected chi connectivity index (χ1v) is 4.60. The largest absolute Gasteiger partial charge is 0.307 e. The quantitative estimate of drug-likeness (QED) is 0.542. The molecule has 0 aromatic carbocycles. The summed E-state index contributed by atoms with van der Waals surface area (Å²) in [5.74, 6) is 3.32. The van der Waals surface area contributed by atoms with Crippen LogP contribution in [0, 0.1) is 18.3 Å². The van der Waals surface area contributed by atoms with Crippen molar-refractivity contribution < 1.29 is 0 Å². The second-order valence-corrected chi connectivity index (χ2v) is 5.16. The Bertz CT molecular complexity index is 192. The molecule has 68 valence electrons. The molecule has 1 heterocycles. The summed E-state index contributed by atoms with van der Waals surface area (Å²) in [7, 11) is 0. The highest BCUT2D eigenvalue weighted by Crippen LogP contribution is 2.31. The van der Waals surface area contributed by atoms with Gasteiger partial charge in [0.2, 0.25) is 0 Å². The van der Waals surface area contributed by atoms with Crippen LogP contribution in [0.1, 0.15) is 40.5 Å². The van der Waals surface area contributed by atoms with E-state index in [4.69, 9.17) is 6.42 Å². The summed E-state index contributed by atoms with van der Waals surface area (Å²) in [6, 6.07) is 0. The number of terminal acetylenes is 1. The van der Waals surface area contributed by atoms with E-state index in [0.29, 0.717) is 5.92 Å². The van der Waals surface area contributed by atoms with Crippen molar-refractivity contribution in [3.05, 3.63) is 0 Å². The van der Waals surface area contributed by atoms with Crippen molar-refractivity contribution in [2.75, 3.05) is 0 Å². The van der Waals surface area contributed by atoms with Crippen LogP contribution in [0.2, 0.25) is 0 Å². The number of hydrogen-bond acceptors (Lipinski definition) is 1. The van der Waals surface area contributed by atoms with Crippen LogP contribution in [-0.4, -0.2) is 11.1 Å². The fourth-order valence-electron chi connectivity index (χ4n) is 2.44. The van der Waals surface area contributed by atoms with Crippen molar-refractivity contribution >= 4 is 0 Å². The Morgan fingerprint density at radius 1 is 1.17 bits per heavy atom. The van der Waals surface area contributed by atoms with Gasteiger partial charge in [-0.3, -0.25) is 0 Å². The third kappa shape index (κ3) is 2.25. The average Bonchev–Trinajstić information content (AvgIpc) is 1.80. The third-order valence-electron chi connectivity index (χ3n) is 2.43. The van der Waals surface area contributed by atoms with Crippen LogP contribution in [0.4, 0.5) is 0 Å².